The highest BCUT2D eigenvalue weighted by molar-refractivity contribution is 8.00. The van der Waals surface area contributed by atoms with Gasteiger partial charge < -0.3 is 10.8 Å². The number of aliphatic hydroxyl groups excluding tert-OH is 1. The van der Waals surface area contributed by atoms with Crippen LogP contribution in [-0.2, 0) is 11.2 Å². The molecule has 0 radical (unpaired) electrons. The van der Waals surface area contributed by atoms with Crippen molar-refractivity contribution in [2.24, 2.45) is 5.73 Å². The molecule has 2 aliphatic rings. The number of nitro benzene ring substituents is 1. The Hall–Kier alpha value is -2.06. The SMILES string of the molecule is NC1C(=O)N2C=C(O)C(Cc3ccc([N+](=O)[O-])cc3)S[C@H]12. The Morgan fingerprint density at radius 1 is 1.38 bits per heavy atom. The van der Waals surface area contributed by atoms with Crippen LogP contribution in [0.5, 0.6) is 0 Å². The zero-order chi connectivity index (χ0) is 15.1. The minimum atomic E-state index is -0.529. The van der Waals surface area contributed by atoms with Crippen LogP contribution >= 0.6 is 11.8 Å². The minimum Gasteiger partial charge on any atom is -0.510 e. The van der Waals surface area contributed by atoms with Gasteiger partial charge in [-0.2, -0.15) is 0 Å². The number of rotatable bonds is 3. The quantitative estimate of drug-likeness (QED) is 0.492. The largest absolute Gasteiger partial charge is 0.510 e. The summed E-state index contributed by atoms with van der Waals surface area (Å²) in [5.74, 6) is -0.0670. The number of hydrogen-bond acceptors (Lipinski definition) is 6. The van der Waals surface area contributed by atoms with Crippen LogP contribution in [0.3, 0.4) is 0 Å². The van der Waals surface area contributed by atoms with E-state index in [4.69, 9.17) is 5.73 Å². The third kappa shape index (κ3) is 2.36. The second-order valence-corrected chi connectivity index (χ2v) is 6.29. The van der Waals surface area contributed by atoms with Gasteiger partial charge >= 0.3 is 0 Å². The lowest BCUT2D eigenvalue weighted by molar-refractivity contribution is -0.384. The first-order valence-corrected chi connectivity index (χ1v) is 7.29. The van der Waals surface area contributed by atoms with Crippen LogP contribution in [0, 0.1) is 10.1 Å². The first kappa shape index (κ1) is 13.9. The molecule has 0 saturated carbocycles. The maximum atomic E-state index is 11.5. The summed E-state index contributed by atoms with van der Waals surface area (Å²) in [6.07, 6.45) is 1.96. The number of non-ortho nitro benzene ring substituents is 1. The first-order valence-electron chi connectivity index (χ1n) is 6.34. The summed E-state index contributed by atoms with van der Waals surface area (Å²) in [6, 6.07) is 5.69. The monoisotopic (exact) mass is 307 g/mol. The van der Waals surface area contributed by atoms with Crippen molar-refractivity contribution >= 4 is 23.4 Å². The van der Waals surface area contributed by atoms with Crippen molar-refractivity contribution in [2.45, 2.75) is 23.1 Å². The minimum absolute atomic E-state index is 0.0348. The maximum absolute atomic E-state index is 11.5. The van der Waals surface area contributed by atoms with Crippen molar-refractivity contribution in [3.8, 4) is 0 Å². The van der Waals surface area contributed by atoms with Crippen LogP contribution in [0.1, 0.15) is 5.56 Å². The Balaban J connectivity index is 1.73. The van der Waals surface area contributed by atoms with Crippen LogP contribution < -0.4 is 5.73 Å². The summed E-state index contributed by atoms with van der Waals surface area (Å²) in [7, 11) is 0. The van der Waals surface area contributed by atoms with E-state index in [1.807, 2.05) is 0 Å². The predicted molar refractivity (Wildman–Crippen MR) is 77.5 cm³/mol. The van der Waals surface area contributed by atoms with Gasteiger partial charge in [-0.3, -0.25) is 19.8 Å². The molecule has 3 N–H and O–H groups in total. The summed E-state index contributed by atoms with van der Waals surface area (Å²) in [5.41, 5.74) is 6.65. The molecule has 1 aromatic rings. The summed E-state index contributed by atoms with van der Waals surface area (Å²) in [5, 5.41) is 20.3. The van der Waals surface area contributed by atoms with Gasteiger partial charge in [0.2, 0.25) is 5.91 Å². The van der Waals surface area contributed by atoms with Gasteiger partial charge in [0.1, 0.15) is 17.2 Å². The maximum Gasteiger partial charge on any atom is 0.269 e. The van der Waals surface area contributed by atoms with Gasteiger partial charge in [0.15, 0.2) is 0 Å². The Morgan fingerprint density at radius 3 is 2.67 bits per heavy atom. The molecule has 1 amide bonds. The Kier molecular flexibility index (Phi) is 3.34. The number of thioether (sulfide) groups is 1. The first-order chi connectivity index (χ1) is 9.97. The van der Waals surface area contributed by atoms with Crippen LogP contribution in [0.4, 0.5) is 5.69 Å². The summed E-state index contributed by atoms with van der Waals surface area (Å²) >= 11 is 1.43. The number of β-lactam (4-membered cyclic amide) rings is 1. The molecule has 110 valence electrons. The van der Waals surface area contributed by atoms with E-state index in [-0.39, 0.29) is 28.0 Å². The van der Waals surface area contributed by atoms with E-state index in [9.17, 15) is 20.0 Å². The lowest BCUT2D eigenvalue weighted by Gasteiger charge is -2.46. The molecular weight excluding hydrogens is 294 g/mol. The average Bonchev–Trinajstić information content (AvgIpc) is 2.49. The summed E-state index contributed by atoms with van der Waals surface area (Å²) in [6.45, 7) is 0. The van der Waals surface area contributed by atoms with Gasteiger partial charge in [-0.15, -0.1) is 11.8 Å². The van der Waals surface area contributed by atoms with Crippen molar-refractivity contribution < 1.29 is 14.8 Å². The zero-order valence-corrected chi connectivity index (χ0v) is 11.7. The van der Waals surface area contributed by atoms with Crippen LogP contribution in [0.15, 0.2) is 36.2 Å². The van der Waals surface area contributed by atoms with Crippen LogP contribution in [0.25, 0.3) is 0 Å². The molecule has 2 heterocycles. The molecule has 1 saturated heterocycles. The fraction of sp³-hybridized carbons (Fsp3) is 0.308. The zero-order valence-electron chi connectivity index (χ0n) is 10.9. The smallest absolute Gasteiger partial charge is 0.269 e. The third-order valence-corrected chi connectivity index (χ3v) is 5.13. The molecule has 21 heavy (non-hydrogen) atoms. The molecule has 0 spiro atoms. The van der Waals surface area contributed by atoms with Gasteiger partial charge in [-0.05, 0) is 12.0 Å². The fourth-order valence-electron chi connectivity index (χ4n) is 2.38. The van der Waals surface area contributed by atoms with E-state index in [0.717, 1.165) is 5.56 Å². The average molecular weight is 307 g/mol. The lowest BCUT2D eigenvalue weighted by Crippen LogP contribution is -2.66. The lowest BCUT2D eigenvalue weighted by atomic mass is 10.1. The van der Waals surface area contributed by atoms with E-state index >= 15 is 0 Å². The van der Waals surface area contributed by atoms with Gasteiger partial charge in [0.25, 0.3) is 5.69 Å². The fourth-order valence-corrected chi connectivity index (χ4v) is 3.79. The number of nitrogens with zero attached hydrogens (tertiary/aromatic N) is 2. The molecule has 2 unspecified atom stereocenters. The molecule has 1 fully saturated rings. The number of benzene rings is 1. The molecule has 2 aliphatic heterocycles. The van der Waals surface area contributed by atoms with Crippen LogP contribution in [0.2, 0.25) is 0 Å². The number of fused-ring (bicyclic) bond motifs is 1. The molecule has 0 bridgehead atoms. The highest BCUT2D eigenvalue weighted by Crippen LogP contribution is 2.40. The molecule has 7 nitrogen and oxygen atoms in total. The number of nitro groups is 1. The Morgan fingerprint density at radius 2 is 2.05 bits per heavy atom. The van der Waals surface area contributed by atoms with E-state index in [2.05, 4.69) is 0 Å². The van der Waals surface area contributed by atoms with Crippen LogP contribution in [-0.4, -0.2) is 37.5 Å². The number of amides is 1. The number of hydrogen-bond donors (Lipinski definition) is 2. The van der Waals surface area contributed by atoms with Crippen molar-refractivity contribution in [2.75, 3.05) is 0 Å². The third-order valence-electron chi connectivity index (χ3n) is 3.59. The van der Waals surface area contributed by atoms with E-state index in [1.54, 1.807) is 12.1 Å². The van der Waals surface area contributed by atoms with Gasteiger partial charge in [-0.1, -0.05) is 12.1 Å². The van der Waals surface area contributed by atoms with Gasteiger partial charge in [0, 0.05) is 18.3 Å². The van der Waals surface area contributed by atoms with Crippen molar-refractivity contribution in [3.63, 3.8) is 0 Å². The summed E-state index contributed by atoms with van der Waals surface area (Å²) < 4.78 is 0. The highest BCUT2D eigenvalue weighted by atomic mass is 32.2. The van der Waals surface area contributed by atoms with Crippen molar-refractivity contribution in [1.82, 2.24) is 4.90 Å². The molecular formula is C13H13N3O4S. The molecule has 8 heteroatoms. The molecule has 3 rings (SSSR count). The molecule has 3 atom stereocenters. The number of carbonyl (C=O) groups excluding carboxylic acids is 1. The molecule has 0 aromatic heterocycles. The topological polar surface area (TPSA) is 110 Å². The number of aliphatic hydroxyl groups is 1. The Labute approximate surface area is 124 Å². The number of nitrogens with two attached hydrogens (primary N) is 1. The second kappa shape index (κ2) is 5.05. The molecule has 1 aromatic carbocycles. The van der Waals surface area contributed by atoms with Crippen molar-refractivity contribution in [3.05, 3.63) is 51.9 Å². The van der Waals surface area contributed by atoms with Gasteiger partial charge in [0.05, 0.1) is 10.2 Å². The number of carbonyl (C=O) groups is 1. The Bertz CT molecular complexity index is 631. The normalized spacial score (nSPS) is 27.7. The highest BCUT2D eigenvalue weighted by Gasteiger charge is 2.48. The van der Waals surface area contributed by atoms with E-state index in [0.29, 0.717) is 6.42 Å². The second-order valence-electron chi connectivity index (χ2n) is 4.97. The van der Waals surface area contributed by atoms with E-state index in [1.165, 1.54) is 35.0 Å². The predicted octanol–water partition coefficient (Wildman–Crippen LogP) is 1.15. The standard InChI is InChI=1S/C13H13N3O4S/c14-11-12(18)15-6-9(17)10(21-13(11)15)5-7-1-3-8(4-2-7)16(19)20/h1-4,6,10-11,13,17H,5,14H2/t10?,11?,13-/m1/s1. The molecule has 0 aliphatic carbocycles. The van der Waals surface area contributed by atoms with E-state index < -0.39 is 11.0 Å². The van der Waals surface area contributed by atoms with Gasteiger partial charge in [-0.25, -0.2) is 0 Å². The van der Waals surface area contributed by atoms with Crippen molar-refractivity contribution in [1.29, 1.82) is 0 Å². The summed E-state index contributed by atoms with van der Waals surface area (Å²) in [4.78, 5) is 23.1.